The molecule has 2 heterocycles. The third-order valence-corrected chi connectivity index (χ3v) is 7.21. The van der Waals surface area contributed by atoms with Gasteiger partial charge in [0, 0.05) is 26.1 Å². The zero-order valence-corrected chi connectivity index (χ0v) is 21.0. The summed E-state index contributed by atoms with van der Waals surface area (Å²) in [5, 5.41) is 3.94. The van der Waals surface area contributed by atoms with E-state index >= 15 is 0 Å². The second-order valence-corrected chi connectivity index (χ2v) is 9.40. The number of carbonyl (C=O) groups excluding carboxylic acids is 1. The predicted octanol–water partition coefficient (Wildman–Crippen LogP) is 4.00. The number of aryl methyl sites for hydroxylation is 1. The van der Waals surface area contributed by atoms with Gasteiger partial charge >= 0.3 is 0 Å². The number of thiazole rings is 1. The molecule has 35 heavy (non-hydrogen) atoms. The first-order valence-electron chi connectivity index (χ1n) is 11.5. The van der Waals surface area contributed by atoms with Gasteiger partial charge in [0.05, 0.1) is 44.2 Å². The Bertz CT molecular complexity index is 1150. The quantitative estimate of drug-likeness (QED) is 0.480. The number of nitrogens with one attached hydrogen (secondary N) is 1. The van der Waals surface area contributed by atoms with Crippen molar-refractivity contribution in [3.05, 3.63) is 75.0 Å². The Kier molecular flexibility index (Phi) is 8.33. The van der Waals surface area contributed by atoms with Crippen LogP contribution in [0.3, 0.4) is 0 Å². The Morgan fingerprint density at radius 2 is 1.86 bits per heavy atom. The van der Waals surface area contributed by atoms with Crippen molar-refractivity contribution in [2.45, 2.75) is 19.4 Å². The summed E-state index contributed by atoms with van der Waals surface area (Å²) in [6.07, 6.45) is 0.557. The van der Waals surface area contributed by atoms with Crippen molar-refractivity contribution in [1.29, 1.82) is 0 Å². The van der Waals surface area contributed by atoms with Gasteiger partial charge in [-0.3, -0.25) is 9.69 Å². The van der Waals surface area contributed by atoms with Crippen LogP contribution in [0.15, 0.2) is 42.5 Å². The van der Waals surface area contributed by atoms with Crippen LogP contribution in [0.2, 0.25) is 0 Å². The van der Waals surface area contributed by atoms with Gasteiger partial charge in [-0.25, -0.2) is 9.37 Å². The van der Waals surface area contributed by atoms with Gasteiger partial charge in [-0.2, -0.15) is 0 Å². The summed E-state index contributed by atoms with van der Waals surface area (Å²) in [4.78, 5) is 20.6. The number of amides is 1. The minimum absolute atomic E-state index is 0.0467. The molecule has 3 aromatic rings. The van der Waals surface area contributed by atoms with Crippen LogP contribution in [0, 0.1) is 12.7 Å². The van der Waals surface area contributed by atoms with E-state index in [1.54, 1.807) is 26.4 Å². The molecule has 186 valence electrons. The molecular formula is C26H30FN3O4S. The number of ether oxygens (including phenoxy) is 3. The smallest absolute Gasteiger partial charge is 0.263 e. The van der Waals surface area contributed by atoms with E-state index in [-0.39, 0.29) is 17.8 Å². The number of nitrogens with zero attached hydrogens (tertiary/aromatic N) is 2. The lowest BCUT2D eigenvalue weighted by atomic mass is 10.0. The predicted molar refractivity (Wildman–Crippen MR) is 133 cm³/mol. The fraction of sp³-hybridized carbons (Fsp3) is 0.385. The van der Waals surface area contributed by atoms with E-state index in [4.69, 9.17) is 14.2 Å². The van der Waals surface area contributed by atoms with Gasteiger partial charge in [-0.05, 0) is 42.3 Å². The molecular weight excluding hydrogens is 469 g/mol. The van der Waals surface area contributed by atoms with Crippen LogP contribution in [0.1, 0.15) is 37.5 Å². The topological polar surface area (TPSA) is 72.9 Å². The molecule has 1 atom stereocenters. The molecule has 1 amide bonds. The van der Waals surface area contributed by atoms with Crippen molar-refractivity contribution in [2.24, 2.45) is 0 Å². The average Bonchev–Trinajstić information content (AvgIpc) is 3.25. The van der Waals surface area contributed by atoms with Gasteiger partial charge in [-0.1, -0.05) is 18.2 Å². The molecule has 1 saturated heterocycles. The van der Waals surface area contributed by atoms with E-state index in [1.807, 2.05) is 25.1 Å². The number of aromatic nitrogens is 1. The molecule has 0 saturated carbocycles. The lowest BCUT2D eigenvalue weighted by Gasteiger charge is -2.35. The number of halogens is 1. The molecule has 1 aliphatic heterocycles. The van der Waals surface area contributed by atoms with Gasteiger partial charge in [-0.15, -0.1) is 11.3 Å². The number of hydrogen-bond acceptors (Lipinski definition) is 7. The first-order chi connectivity index (χ1) is 17.0. The van der Waals surface area contributed by atoms with Crippen LogP contribution in [0.5, 0.6) is 11.5 Å². The minimum Gasteiger partial charge on any atom is -0.493 e. The van der Waals surface area contributed by atoms with E-state index in [2.05, 4.69) is 15.2 Å². The number of rotatable bonds is 9. The highest BCUT2D eigenvalue weighted by atomic mass is 32.1. The van der Waals surface area contributed by atoms with E-state index in [0.717, 1.165) is 29.2 Å². The highest BCUT2D eigenvalue weighted by molar-refractivity contribution is 7.13. The van der Waals surface area contributed by atoms with Gasteiger partial charge in [0.15, 0.2) is 11.5 Å². The van der Waals surface area contributed by atoms with Crippen molar-refractivity contribution < 1.29 is 23.4 Å². The van der Waals surface area contributed by atoms with Gasteiger partial charge in [0.2, 0.25) is 0 Å². The van der Waals surface area contributed by atoms with Crippen LogP contribution in [0.4, 0.5) is 4.39 Å². The molecule has 1 N–H and O–H groups in total. The largest absolute Gasteiger partial charge is 0.493 e. The Labute approximate surface area is 208 Å². The lowest BCUT2D eigenvalue weighted by molar-refractivity contribution is 0.0162. The van der Waals surface area contributed by atoms with Crippen LogP contribution in [0.25, 0.3) is 0 Å². The molecule has 0 spiro atoms. The molecule has 1 aliphatic rings. The summed E-state index contributed by atoms with van der Waals surface area (Å²) in [5.41, 5.74) is 2.68. The standard InChI is InChI=1S/C26H30FN3O4S/c1-17-25(35-24(29-17)14-18-4-7-20(27)8-5-18)26(31)28-16-21(30-10-12-34-13-11-30)19-6-9-22(32-2)23(15-19)33-3/h4-9,15,21H,10-14,16H2,1-3H3,(H,28,31). The highest BCUT2D eigenvalue weighted by Crippen LogP contribution is 2.32. The van der Waals surface area contributed by atoms with Crippen LogP contribution in [-0.4, -0.2) is 62.9 Å². The number of carbonyl (C=O) groups is 1. The second-order valence-electron chi connectivity index (χ2n) is 8.31. The summed E-state index contributed by atoms with van der Waals surface area (Å²) in [7, 11) is 3.22. The maximum absolute atomic E-state index is 13.2. The van der Waals surface area contributed by atoms with E-state index < -0.39 is 0 Å². The molecule has 1 fully saturated rings. The molecule has 4 rings (SSSR count). The Balaban J connectivity index is 1.49. The summed E-state index contributed by atoms with van der Waals surface area (Å²) in [6.45, 7) is 5.12. The molecule has 1 aromatic heterocycles. The molecule has 0 radical (unpaired) electrons. The summed E-state index contributed by atoms with van der Waals surface area (Å²) in [6, 6.07) is 12.2. The summed E-state index contributed by atoms with van der Waals surface area (Å²) < 4.78 is 29.6. The van der Waals surface area contributed by atoms with Crippen molar-refractivity contribution in [2.75, 3.05) is 47.1 Å². The van der Waals surface area contributed by atoms with Crippen molar-refractivity contribution >= 4 is 17.2 Å². The third-order valence-electron chi connectivity index (χ3n) is 6.05. The molecule has 0 aliphatic carbocycles. The number of hydrogen-bond donors (Lipinski definition) is 1. The summed E-state index contributed by atoms with van der Waals surface area (Å²) in [5.74, 6) is 0.894. The lowest BCUT2D eigenvalue weighted by Crippen LogP contribution is -2.43. The molecule has 1 unspecified atom stereocenters. The Morgan fingerprint density at radius 3 is 2.54 bits per heavy atom. The fourth-order valence-electron chi connectivity index (χ4n) is 4.19. The number of methoxy groups -OCH3 is 2. The Morgan fingerprint density at radius 1 is 1.14 bits per heavy atom. The maximum atomic E-state index is 13.2. The van der Waals surface area contributed by atoms with E-state index in [0.29, 0.717) is 48.2 Å². The first-order valence-corrected chi connectivity index (χ1v) is 12.3. The average molecular weight is 500 g/mol. The fourth-order valence-corrected chi connectivity index (χ4v) is 5.21. The van der Waals surface area contributed by atoms with E-state index in [1.165, 1.54) is 23.5 Å². The molecule has 2 aromatic carbocycles. The van der Waals surface area contributed by atoms with Crippen molar-refractivity contribution in [1.82, 2.24) is 15.2 Å². The van der Waals surface area contributed by atoms with Crippen molar-refractivity contribution in [3.63, 3.8) is 0 Å². The van der Waals surface area contributed by atoms with Crippen molar-refractivity contribution in [3.8, 4) is 11.5 Å². The number of morpholine rings is 1. The van der Waals surface area contributed by atoms with Gasteiger partial charge in [0.1, 0.15) is 10.7 Å². The van der Waals surface area contributed by atoms with Gasteiger partial charge < -0.3 is 19.5 Å². The Hall–Kier alpha value is -3.01. The minimum atomic E-state index is -0.270. The molecule has 7 nitrogen and oxygen atoms in total. The van der Waals surface area contributed by atoms with Crippen LogP contribution >= 0.6 is 11.3 Å². The van der Waals surface area contributed by atoms with Crippen LogP contribution < -0.4 is 14.8 Å². The highest BCUT2D eigenvalue weighted by Gasteiger charge is 2.25. The SMILES string of the molecule is COc1ccc(C(CNC(=O)c2sc(Cc3ccc(F)cc3)nc2C)N2CCOCC2)cc1OC. The number of benzene rings is 2. The zero-order valence-electron chi connectivity index (χ0n) is 20.2. The monoisotopic (exact) mass is 499 g/mol. The summed E-state index contributed by atoms with van der Waals surface area (Å²) >= 11 is 1.37. The normalized spacial score (nSPS) is 15.0. The van der Waals surface area contributed by atoms with Crippen LogP contribution in [-0.2, 0) is 11.2 Å². The third kappa shape index (κ3) is 6.17. The second kappa shape index (κ2) is 11.6. The van der Waals surface area contributed by atoms with Gasteiger partial charge in [0.25, 0.3) is 5.91 Å². The molecule has 9 heteroatoms. The van der Waals surface area contributed by atoms with E-state index in [9.17, 15) is 9.18 Å². The zero-order chi connectivity index (χ0) is 24.8. The maximum Gasteiger partial charge on any atom is 0.263 e. The molecule has 0 bridgehead atoms. The first kappa shape index (κ1) is 25.1.